The first kappa shape index (κ1) is 10.3. The van der Waals surface area contributed by atoms with Crippen molar-refractivity contribution in [2.45, 2.75) is 25.4 Å². The molecule has 0 spiro atoms. The summed E-state index contributed by atoms with van der Waals surface area (Å²) in [5.41, 5.74) is 0.338. The van der Waals surface area contributed by atoms with E-state index in [9.17, 15) is 4.79 Å². The number of benzene rings is 1. The highest BCUT2D eigenvalue weighted by molar-refractivity contribution is 6.30. The SMILES string of the molecule is CC1(CC(=O)O)Cc2cc(Cl)ccc2O1. The van der Waals surface area contributed by atoms with Crippen molar-refractivity contribution in [1.82, 2.24) is 0 Å². The fourth-order valence-corrected chi connectivity index (χ4v) is 2.10. The Morgan fingerprint density at radius 2 is 2.40 bits per heavy atom. The van der Waals surface area contributed by atoms with E-state index in [2.05, 4.69) is 0 Å². The molecule has 1 aromatic rings. The molecule has 0 saturated carbocycles. The molecule has 4 heteroatoms. The summed E-state index contributed by atoms with van der Waals surface area (Å²) < 4.78 is 5.62. The molecule has 1 atom stereocenters. The van der Waals surface area contributed by atoms with Crippen LogP contribution in [0.25, 0.3) is 0 Å². The summed E-state index contributed by atoms with van der Waals surface area (Å²) in [6, 6.07) is 5.35. The summed E-state index contributed by atoms with van der Waals surface area (Å²) in [5.74, 6) is -0.112. The van der Waals surface area contributed by atoms with Crippen molar-refractivity contribution in [3.8, 4) is 5.75 Å². The Kier molecular flexibility index (Phi) is 2.35. The molecule has 0 bridgehead atoms. The topological polar surface area (TPSA) is 46.5 Å². The van der Waals surface area contributed by atoms with Gasteiger partial charge in [0.1, 0.15) is 11.4 Å². The van der Waals surface area contributed by atoms with E-state index in [1.54, 1.807) is 19.1 Å². The Balaban J connectivity index is 2.24. The molecule has 0 amide bonds. The lowest BCUT2D eigenvalue weighted by atomic mass is 9.96. The van der Waals surface area contributed by atoms with E-state index in [0.717, 1.165) is 11.3 Å². The number of fused-ring (bicyclic) bond motifs is 1. The number of rotatable bonds is 2. The Labute approximate surface area is 92.6 Å². The van der Waals surface area contributed by atoms with Crippen LogP contribution in [-0.4, -0.2) is 16.7 Å². The van der Waals surface area contributed by atoms with Gasteiger partial charge >= 0.3 is 5.97 Å². The highest BCUT2D eigenvalue weighted by Gasteiger charge is 2.36. The first-order valence-electron chi connectivity index (χ1n) is 4.68. The van der Waals surface area contributed by atoms with Crippen LogP contribution in [0, 0.1) is 0 Å². The van der Waals surface area contributed by atoms with Gasteiger partial charge in [-0.15, -0.1) is 0 Å². The number of hydrogen-bond donors (Lipinski definition) is 1. The molecule has 1 unspecified atom stereocenters. The summed E-state index contributed by atoms with van der Waals surface area (Å²) in [7, 11) is 0. The minimum atomic E-state index is -0.851. The smallest absolute Gasteiger partial charge is 0.307 e. The number of carboxylic acids is 1. The molecule has 0 fully saturated rings. The van der Waals surface area contributed by atoms with Crippen molar-refractivity contribution in [3.63, 3.8) is 0 Å². The lowest BCUT2D eigenvalue weighted by molar-refractivity contribution is -0.140. The van der Waals surface area contributed by atoms with Crippen LogP contribution < -0.4 is 4.74 Å². The van der Waals surface area contributed by atoms with E-state index in [1.165, 1.54) is 0 Å². The van der Waals surface area contributed by atoms with Crippen molar-refractivity contribution in [2.24, 2.45) is 0 Å². The third-order valence-corrected chi connectivity index (χ3v) is 2.70. The van der Waals surface area contributed by atoms with Gasteiger partial charge in [-0.1, -0.05) is 11.6 Å². The highest BCUT2D eigenvalue weighted by Crippen LogP contribution is 2.38. The fourth-order valence-electron chi connectivity index (χ4n) is 1.91. The molecular weight excluding hydrogens is 216 g/mol. The molecule has 0 aromatic heterocycles. The molecule has 1 aromatic carbocycles. The zero-order chi connectivity index (χ0) is 11.1. The van der Waals surface area contributed by atoms with Crippen molar-refractivity contribution in [1.29, 1.82) is 0 Å². The molecule has 80 valence electrons. The largest absolute Gasteiger partial charge is 0.486 e. The van der Waals surface area contributed by atoms with Crippen molar-refractivity contribution < 1.29 is 14.6 Å². The molecule has 2 rings (SSSR count). The Morgan fingerprint density at radius 1 is 1.67 bits per heavy atom. The van der Waals surface area contributed by atoms with Crippen molar-refractivity contribution >= 4 is 17.6 Å². The van der Waals surface area contributed by atoms with Crippen LogP contribution in [0.5, 0.6) is 5.75 Å². The van der Waals surface area contributed by atoms with Gasteiger partial charge in [0.2, 0.25) is 0 Å². The maximum absolute atomic E-state index is 10.7. The Morgan fingerprint density at radius 3 is 3.07 bits per heavy atom. The summed E-state index contributed by atoms with van der Waals surface area (Å²) in [6.07, 6.45) is 0.592. The molecule has 0 aliphatic carbocycles. The number of carbonyl (C=O) groups is 1. The number of aliphatic carboxylic acids is 1. The van der Waals surface area contributed by atoms with Crippen LogP contribution in [-0.2, 0) is 11.2 Å². The van der Waals surface area contributed by atoms with E-state index in [-0.39, 0.29) is 6.42 Å². The van der Waals surface area contributed by atoms with Crippen LogP contribution in [0.4, 0.5) is 0 Å². The van der Waals surface area contributed by atoms with Gasteiger partial charge in [-0.05, 0) is 30.7 Å². The van der Waals surface area contributed by atoms with Crippen LogP contribution in [0.15, 0.2) is 18.2 Å². The predicted octanol–water partition coefficient (Wildman–Crippen LogP) is 2.51. The minimum absolute atomic E-state index is 0.000695. The molecule has 3 nitrogen and oxygen atoms in total. The average molecular weight is 227 g/mol. The van der Waals surface area contributed by atoms with E-state index < -0.39 is 11.6 Å². The van der Waals surface area contributed by atoms with Crippen LogP contribution >= 0.6 is 11.6 Å². The molecule has 1 N–H and O–H groups in total. The van der Waals surface area contributed by atoms with Crippen molar-refractivity contribution in [2.75, 3.05) is 0 Å². The lowest BCUT2D eigenvalue weighted by Gasteiger charge is -2.21. The monoisotopic (exact) mass is 226 g/mol. The maximum atomic E-state index is 10.7. The number of hydrogen-bond acceptors (Lipinski definition) is 2. The lowest BCUT2D eigenvalue weighted by Crippen LogP contribution is -2.33. The quantitative estimate of drug-likeness (QED) is 0.843. The first-order valence-corrected chi connectivity index (χ1v) is 5.06. The zero-order valence-electron chi connectivity index (χ0n) is 8.29. The van der Waals surface area contributed by atoms with Gasteiger partial charge in [-0.25, -0.2) is 0 Å². The standard InChI is InChI=1S/C11H11ClO3/c1-11(6-10(13)14)5-7-4-8(12)2-3-9(7)15-11/h2-4H,5-6H2,1H3,(H,13,14). The summed E-state index contributed by atoms with van der Waals surface area (Å²) in [5, 5.41) is 9.42. The van der Waals surface area contributed by atoms with Gasteiger partial charge in [0.25, 0.3) is 0 Å². The summed E-state index contributed by atoms with van der Waals surface area (Å²) in [6.45, 7) is 1.80. The molecule has 15 heavy (non-hydrogen) atoms. The maximum Gasteiger partial charge on any atom is 0.307 e. The average Bonchev–Trinajstić information content (AvgIpc) is 2.38. The first-order chi connectivity index (χ1) is 6.98. The normalized spacial score (nSPS) is 23.3. The third kappa shape index (κ3) is 2.07. The molecule has 0 saturated heterocycles. The second-order valence-corrected chi connectivity index (χ2v) is 4.49. The summed E-state index contributed by atoms with van der Waals surface area (Å²) >= 11 is 5.85. The van der Waals surface area contributed by atoms with Crippen LogP contribution in [0.3, 0.4) is 0 Å². The van der Waals surface area contributed by atoms with Crippen LogP contribution in [0.1, 0.15) is 18.9 Å². The number of carboxylic acid groups (broad SMARTS) is 1. The van der Waals surface area contributed by atoms with Gasteiger partial charge < -0.3 is 9.84 Å². The molecular formula is C11H11ClO3. The zero-order valence-corrected chi connectivity index (χ0v) is 9.04. The van der Waals surface area contributed by atoms with E-state index in [4.69, 9.17) is 21.4 Å². The summed E-state index contributed by atoms with van der Waals surface area (Å²) in [4.78, 5) is 10.7. The number of halogens is 1. The number of ether oxygens (including phenoxy) is 1. The van der Waals surface area contributed by atoms with E-state index in [0.29, 0.717) is 11.4 Å². The second kappa shape index (κ2) is 3.42. The van der Waals surface area contributed by atoms with Crippen molar-refractivity contribution in [3.05, 3.63) is 28.8 Å². The van der Waals surface area contributed by atoms with Gasteiger partial charge in [-0.3, -0.25) is 4.79 Å². The molecule has 1 aliphatic rings. The fraction of sp³-hybridized carbons (Fsp3) is 0.364. The van der Waals surface area contributed by atoms with Gasteiger partial charge in [-0.2, -0.15) is 0 Å². The molecule has 1 aliphatic heterocycles. The van der Waals surface area contributed by atoms with Crippen LogP contribution in [0.2, 0.25) is 5.02 Å². The van der Waals surface area contributed by atoms with Gasteiger partial charge in [0, 0.05) is 11.4 Å². The van der Waals surface area contributed by atoms with Gasteiger partial charge in [0.15, 0.2) is 0 Å². The Hall–Kier alpha value is -1.22. The molecule has 1 heterocycles. The Bertz CT molecular complexity index is 416. The van der Waals surface area contributed by atoms with Gasteiger partial charge in [0.05, 0.1) is 6.42 Å². The van der Waals surface area contributed by atoms with E-state index in [1.807, 2.05) is 6.07 Å². The molecule has 0 radical (unpaired) electrons. The predicted molar refractivity (Wildman–Crippen MR) is 56.4 cm³/mol. The highest BCUT2D eigenvalue weighted by atomic mass is 35.5. The second-order valence-electron chi connectivity index (χ2n) is 4.05. The van der Waals surface area contributed by atoms with E-state index >= 15 is 0 Å². The minimum Gasteiger partial charge on any atom is -0.486 e. The third-order valence-electron chi connectivity index (χ3n) is 2.47.